The van der Waals surface area contributed by atoms with E-state index in [0.29, 0.717) is 16.7 Å². The molecule has 2 N–H and O–H groups in total. The highest BCUT2D eigenvalue weighted by molar-refractivity contribution is 5.90. The number of fused-ring (bicyclic) bond motifs is 1. The lowest BCUT2D eigenvalue weighted by Crippen LogP contribution is -2.45. The van der Waals surface area contributed by atoms with Gasteiger partial charge < -0.3 is 24.3 Å². The number of carbonyl (C=O) groups excluding carboxylic acids is 1. The number of carboxylic acid groups (broad SMARTS) is 1. The lowest BCUT2D eigenvalue weighted by molar-refractivity contribution is -0.143. The summed E-state index contributed by atoms with van der Waals surface area (Å²) in [5.74, 6) is -1.28. The Labute approximate surface area is 156 Å². The molecule has 1 aromatic carbocycles. The maximum Gasteiger partial charge on any atom is 0.340 e. The summed E-state index contributed by atoms with van der Waals surface area (Å²) in [5.41, 5.74) is 0.279. The fraction of sp³-hybridized carbons (Fsp3) is 0.421. The molecule has 8 nitrogen and oxygen atoms in total. The van der Waals surface area contributed by atoms with E-state index in [2.05, 4.69) is 5.32 Å². The third-order valence-corrected chi connectivity index (χ3v) is 4.38. The number of hydrogen-bond acceptors (Lipinski definition) is 6. The topological polar surface area (TPSA) is 115 Å². The number of nitrogens with one attached hydrogen (secondary N) is 1. The van der Waals surface area contributed by atoms with Gasteiger partial charge in [-0.15, -0.1) is 0 Å². The van der Waals surface area contributed by atoms with Crippen LogP contribution in [-0.4, -0.2) is 37.2 Å². The Bertz CT molecular complexity index is 930. The van der Waals surface area contributed by atoms with Gasteiger partial charge in [-0.05, 0) is 30.5 Å². The maximum absolute atomic E-state index is 12.5. The number of hydrogen-bond donors (Lipinski definition) is 2. The van der Waals surface area contributed by atoms with Gasteiger partial charge in [0.15, 0.2) is 11.3 Å². The van der Waals surface area contributed by atoms with Gasteiger partial charge in [-0.2, -0.15) is 0 Å². The van der Waals surface area contributed by atoms with Crippen molar-refractivity contribution < 1.29 is 28.6 Å². The van der Waals surface area contributed by atoms with Gasteiger partial charge >= 0.3 is 11.6 Å². The van der Waals surface area contributed by atoms with Gasteiger partial charge in [0, 0.05) is 5.39 Å². The second kappa shape index (κ2) is 8.11. The summed E-state index contributed by atoms with van der Waals surface area (Å²) in [4.78, 5) is 36.0. The quantitative estimate of drug-likeness (QED) is 0.708. The first-order chi connectivity index (χ1) is 12.7. The molecule has 0 aliphatic carbocycles. The molecule has 0 saturated carbocycles. The summed E-state index contributed by atoms with van der Waals surface area (Å²) < 4.78 is 15.9. The Morgan fingerprint density at radius 3 is 2.41 bits per heavy atom. The minimum absolute atomic E-state index is 0.167. The van der Waals surface area contributed by atoms with Crippen molar-refractivity contribution in [1.29, 1.82) is 0 Å². The molecule has 1 atom stereocenters. The summed E-state index contributed by atoms with van der Waals surface area (Å²) in [6.07, 6.45) is -0.283. The van der Waals surface area contributed by atoms with E-state index in [-0.39, 0.29) is 29.2 Å². The molecule has 1 amide bonds. The van der Waals surface area contributed by atoms with Crippen LogP contribution in [-0.2, 0) is 16.0 Å². The molecule has 146 valence electrons. The van der Waals surface area contributed by atoms with Crippen molar-refractivity contribution >= 4 is 22.8 Å². The molecule has 0 saturated heterocycles. The molecule has 1 heterocycles. The van der Waals surface area contributed by atoms with E-state index in [1.807, 2.05) is 0 Å². The van der Waals surface area contributed by atoms with Crippen LogP contribution in [0.25, 0.3) is 11.0 Å². The van der Waals surface area contributed by atoms with E-state index in [0.717, 1.165) is 0 Å². The summed E-state index contributed by atoms with van der Waals surface area (Å²) in [5, 5.41) is 12.2. The molecule has 0 radical (unpaired) electrons. The minimum atomic E-state index is -1.13. The Morgan fingerprint density at radius 1 is 1.22 bits per heavy atom. The smallest absolute Gasteiger partial charge is 0.340 e. The molecule has 0 aliphatic rings. The highest BCUT2D eigenvalue weighted by Crippen LogP contribution is 2.36. The van der Waals surface area contributed by atoms with Crippen molar-refractivity contribution in [3.63, 3.8) is 0 Å². The van der Waals surface area contributed by atoms with Crippen LogP contribution in [0.4, 0.5) is 0 Å². The number of aliphatic carboxylic acids is 1. The Morgan fingerprint density at radius 2 is 1.89 bits per heavy atom. The standard InChI is InChI=1S/C19H23NO7/c1-9(2)15(18(22)23)20-14(21)8-12-10(3)11-6-7-13(25-4)17(26-5)16(11)27-19(12)24/h6-7,9,15H,8H2,1-5H3,(H,20,21)(H,22,23)/t15-/m0/s1. The van der Waals surface area contributed by atoms with Gasteiger partial charge in [-0.1, -0.05) is 13.8 Å². The number of amides is 1. The zero-order valence-corrected chi connectivity index (χ0v) is 15.9. The molecule has 0 bridgehead atoms. The number of carbonyl (C=O) groups is 2. The van der Waals surface area contributed by atoms with Crippen molar-refractivity contribution in [3.8, 4) is 11.5 Å². The molecule has 1 aromatic heterocycles. The van der Waals surface area contributed by atoms with Crippen LogP contribution in [0.15, 0.2) is 21.3 Å². The number of methoxy groups -OCH3 is 2. The average molecular weight is 377 g/mol. The summed E-state index contributed by atoms with van der Waals surface area (Å²) >= 11 is 0. The van der Waals surface area contributed by atoms with Gasteiger partial charge in [-0.25, -0.2) is 9.59 Å². The predicted octanol–water partition coefficient (Wildman–Crippen LogP) is 1.89. The second-order valence-corrected chi connectivity index (χ2v) is 6.48. The summed E-state index contributed by atoms with van der Waals surface area (Å²) in [6.45, 7) is 5.08. The van der Waals surface area contributed by atoms with E-state index in [1.165, 1.54) is 14.2 Å². The van der Waals surface area contributed by atoms with Crippen LogP contribution in [0.5, 0.6) is 11.5 Å². The van der Waals surface area contributed by atoms with E-state index in [1.54, 1.807) is 32.9 Å². The van der Waals surface area contributed by atoms with Gasteiger partial charge in [0.2, 0.25) is 11.7 Å². The van der Waals surface area contributed by atoms with Crippen LogP contribution < -0.4 is 20.4 Å². The molecule has 0 unspecified atom stereocenters. The molecule has 27 heavy (non-hydrogen) atoms. The van der Waals surface area contributed by atoms with Crippen molar-refractivity contribution in [2.75, 3.05) is 14.2 Å². The van der Waals surface area contributed by atoms with Crippen molar-refractivity contribution in [2.45, 2.75) is 33.2 Å². The molecular formula is C19H23NO7. The van der Waals surface area contributed by atoms with E-state index < -0.39 is 23.5 Å². The van der Waals surface area contributed by atoms with Crippen LogP contribution in [0.3, 0.4) is 0 Å². The lowest BCUT2D eigenvalue weighted by atomic mass is 10.0. The molecule has 2 rings (SSSR count). The molecule has 2 aromatic rings. The third kappa shape index (κ3) is 4.05. The van der Waals surface area contributed by atoms with E-state index in [4.69, 9.17) is 13.9 Å². The maximum atomic E-state index is 12.5. The van der Waals surface area contributed by atoms with Gasteiger partial charge in [0.05, 0.1) is 26.2 Å². The molecule has 0 fully saturated rings. The predicted molar refractivity (Wildman–Crippen MR) is 98.4 cm³/mol. The Balaban J connectivity index is 2.44. The van der Waals surface area contributed by atoms with Gasteiger partial charge in [-0.3, -0.25) is 4.79 Å². The monoisotopic (exact) mass is 377 g/mol. The molecule has 0 spiro atoms. The van der Waals surface area contributed by atoms with E-state index in [9.17, 15) is 19.5 Å². The summed E-state index contributed by atoms with van der Waals surface area (Å²) in [6, 6.07) is 2.36. The molecule has 8 heteroatoms. The average Bonchev–Trinajstić information content (AvgIpc) is 2.61. The van der Waals surface area contributed by atoms with Crippen LogP contribution in [0, 0.1) is 12.8 Å². The fourth-order valence-corrected chi connectivity index (χ4v) is 2.87. The van der Waals surface area contributed by atoms with Crippen LogP contribution in [0.1, 0.15) is 25.0 Å². The highest BCUT2D eigenvalue weighted by atomic mass is 16.5. The number of carboxylic acids is 1. The first-order valence-corrected chi connectivity index (χ1v) is 8.40. The third-order valence-electron chi connectivity index (χ3n) is 4.38. The number of benzene rings is 1. The second-order valence-electron chi connectivity index (χ2n) is 6.48. The van der Waals surface area contributed by atoms with Crippen molar-refractivity contribution in [2.24, 2.45) is 5.92 Å². The summed E-state index contributed by atoms with van der Waals surface area (Å²) in [7, 11) is 2.91. The number of ether oxygens (including phenoxy) is 2. The lowest BCUT2D eigenvalue weighted by Gasteiger charge is -2.18. The van der Waals surface area contributed by atoms with Crippen LogP contribution >= 0.6 is 0 Å². The zero-order valence-electron chi connectivity index (χ0n) is 15.9. The zero-order chi connectivity index (χ0) is 20.3. The Kier molecular flexibility index (Phi) is 6.09. The largest absolute Gasteiger partial charge is 0.493 e. The first-order valence-electron chi connectivity index (χ1n) is 8.40. The van der Waals surface area contributed by atoms with Crippen molar-refractivity contribution in [1.82, 2.24) is 5.32 Å². The minimum Gasteiger partial charge on any atom is -0.493 e. The van der Waals surface area contributed by atoms with Gasteiger partial charge in [0.25, 0.3) is 0 Å². The SMILES string of the molecule is COc1ccc2c(C)c(CC(=O)N[C@H](C(=O)O)C(C)C)c(=O)oc2c1OC. The van der Waals surface area contributed by atoms with Crippen LogP contribution in [0.2, 0.25) is 0 Å². The van der Waals surface area contributed by atoms with Crippen molar-refractivity contribution in [3.05, 3.63) is 33.7 Å². The fourth-order valence-electron chi connectivity index (χ4n) is 2.87. The molecular weight excluding hydrogens is 354 g/mol. The first kappa shape index (κ1) is 20.3. The van der Waals surface area contributed by atoms with E-state index >= 15 is 0 Å². The highest BCUT2D eigenvalue weighted by Gasteiger charge is 2.25. The Hall–Kier alpha value is -3.03. The molecule has 0 aliphatic heterocycles. The van der Waals surface area contributed by atoms with Gasteiger partial charge in [0.1, 0.15) is 6.04 Å². The normalized spacial score (nSPS) is 12.1. The number of aryl methyl sites for hydroxylation is 1. The number of rotatable bonds is 7.